The first-order valence-corrected chi connectivity index (χ1v) is 5.10. The van der Waals surface area contributed by atoms with Crippen LogP contribution in [0.15, 0.2) is 12.1 Å². The van der Waals surface area contributed by atoms with Gasteiger partial charge in [0, 0.05) is 12.2 Å². The van der Waals surface area contributed by atoms with Crippen LogP contribution in [0.25, 0.3) is 0 Å². The fraction of sp³-hybridized carbons (Fsp3) is 0.364. The minimum atomic E-state index is -0.542. The van der Waals surface area contributed by atoms with Gasteiger partial charge in [0.25, 0.3) is 0 Å². The molecule has 1 rings (SSSR count). The summed E-state index contributed by atoms with van der Waals surface area (Å²) in [4.78, 5) is 11.5. The summed E-state index contributed by atoms with van der Waals surface area (Å²) in [5.74, 6) is -1.02. The number of nitrogen functional groups attached to an aromatic ring is 1. The van der Waals surface area contributed by atoms with Crippen LogP contribution in [0.4, 0.5) is 15.8 Å². The van der Waals surface area contributed by atoms with Crippen molar-refractivity contribution in [2.24, 2.45) is 0 Å². The standard InChI is InChI=1S/C11H15FN2O2/c1-3-14-10-5-7(11(15)16-4-2)9(13)6-8(10)12/h5-6,14H,3-4,13H2,1-2H3. The number of anilines is 2. The van der Waals surface area contributed by atoms with Gasteiger partial charge in [0.1, 0.15) is 5.82 Å². The molecule has 0 radical (unpaired) electrons. The van der Waals surface area contributed by atoms with Crippen LogP contribution in [0, 0.1) is 5.82 Å². The number of carbonyl (C=O) groups excluding carboxylic acids is 1. The second-order valence-corrected chi connectivity index (χ2v) is 3.17. The molecule has 3 N–H and O–H groups in total. The second kappa shape index (κ2) is 5.34. The first-order chi connectivity index (χ1) is 7.60. The number of carbonyl (C=O) groups is 1. The Morgan fingerprint density at radius 1 is 1.50 bits per heavy atom. The van der Waals surface area contributed by atoms with Gasteiger partial charge >= 0.3 is 5.97 Å². The number of ether oxygens (including phenoxy) is 1. The molecule has 0 amide bonds. The molecule has 1 aromatic rings. The van der Waals surface area contributed by atoms with E-state index in [0.29, 0.717) is 6.54 Å². The van der Waals surface area contributed by atoms with E-state index in [1.807, 2.05) is 6.92 Å². The number of halogens is 1. The van der Waals surface area contributed by atoms with E-state index in [1.54, 1.807) is 6.92 Å². The highest BCUT2D eigenvalue weighted by molar-refractivity contribution is 5.96. The molecule has 5 heteroatoms. The molecule has 0 saturated carbocycles. The Kier molecular flexibility index (Phi) is 4.10. The van der Waals surface area contributed by atoms with E-state index in [9.17, 15) is 9.18 Å². The van der Waals surface area contributed by atoms with Crippen molar-refractivity contribution in [1.29, 1.82) is 0 Å². The lowest BCUT2D eigenvalue weighted by Gasteiger charge is -2.10. The molecule has 0 unspecified atom stereocenters. The lowest BCUT2D eigenvalue weighted by Crippen LogP contribution is -2.10. The van der Waals surface area contributed by atoms with Crippen molar-refractivity contribution in [3.8, 4) is 0 Å². The maximum Gasteiger partial charge on any atom is 0.340 e. The van der Waals surface area contributed by atoms with Crippen molar-refractivity contribution >= 4 is 17.3 Å². The van der Waals surface area contributed by atoms with Gasteiger partial charge in [-0.1, -0.05) is 0 Å². The maximum atomic E-state index is 13.4. The average molecular weight is 226 g/mol. The van der Waals surface area contributed by atoms with E-state index in [0.717, 1.165) is 6.07 Å². The number of nitrogens with two attached hydrogens (primary N) is 1. The SMILES string of the molecule is CCNc1cc(C(=O)OCC)c(N)cc1F. The normalized spacial score (nSPS) is 9.94. The van der Waals surface area contributed by atoms with Crippen molar-refractivity contribution in [2.45, 2.75) is 13.8 Å². The largest absolute Gasteiger partial charge is 0.462 e. The Balaban J connectivity index is 3.08. The van der Waals surface area contributed by atoms with Crippen molar-refractivity contribution < 1.29 is 13.9 Å². The molecule has 88 valence electrons. The van der Waals surface area contributed by atoms with E-state index in [1.165, 1.54) is 6.07 Å². The number of hydrogen-bond donors (Lipinski definition) is 2. The summed E-state index contributed by atoms with van der Waals surface area (Å²) < 4.78 is 18.2. The Labute approximate surface area is 93.6 Å². The number of hydrogen-bond acceptors (Lipinski definition) is 4. The summed E-state index contributed by atoms with van der Waals surface area (Å²) in [6, 6.07) is 2.48. The van der Waals surface area contributed by atoms with Crippen molar-refractivity contribution in [3.05, 3.63) is 23.5 Å². The molecule has 1 aromatic carbocycles. The minimum Gasteiger partial charge on any atom is -0.462 e. The smallest absolute Gasteiger partial charge is 0.340 e. The molecule has 0 atom stereocenters. The lowest BCUT2D eigenvalue weighted by molar-refractivity contribution is 0.0527. The topological polar surface area (TPSA) is 64.3 Å². The Bertz CT molecular complexity index is 394. The monoisotopic (exact) mass is 226 g/mol. The molecular formula is C11H15FN2O2. The first kappa shape index (κ1) is 12.3. The van der Waals surface area contributed by atoms with Gasteiger partial charge in [-0.25, -0.2) is 9.18 Å². The van der Waals surface area contributed by atoms with Gasteiger partial charge in [0.05, 0.1) is 17.9 Å². The van der Waals surface area contributed by atoms with Crippen LogP contribution in [0.5, 0.6) is 0 Å². The highest BCUT2D eigenvalue weighted by Crippen LogP contribution is 2.22. The molecule has 0 bridgehead atoms. The van der Waals surface area contributed by atoms with Gasteiger partial charge in [0.2, 0.25) is 0 Å². The summed E-state index contributed by atoms with van der Waals surface area (Å²) in [5.41, 5.74) is 6.06. The third-order valence-corrected chi connectivity index (χ3v) is 2.00. The zero-order valence-corrected chi connectivity index (χ0v) is 9.34. The van der Waals surface area contributed by atoms with Crippen LogP contribution in [-0.2, 0) is 4.74 Å². The van der Waals surface area contributed by atoms with Gasteiger partial charge in [-0.3, -0.25) is 0 Å². The Morgan fingerprint density at radius 3 is 2.75 bits per heavy atom. The van der Waals surface area contributed by atoms with E-state index in [4.69, 9.17) is 10.5 Å². The molecule has 0 fully saturated rings. The quantitative estimate of drug-likeness (QED) is 0.609. The highest BCUT2D eigenvalue weighted by atomic mass is 19.1. The number of esters is 1. The van der Waals surface area contributed by atoms with Crippen LogP contribution in [0.1, 0.15) is 24.2 Å². The maximum absolute atomic E-state index is 13.4. The molecule has 4 nitrogen and oxygen atoms in total. The van der Waals surface area contributed by atoms with Crippen molar-refractivity contribution in [1.82, 2.24) is 0 Å². The molecule has 0 aliphatic rings. The molecule has 0 aromatic heterocycles. The molecule has 0 aliphatic carbocycles. The van der Waals surface area contributed by atoms with E-state index >= 15 is 0 Å². The summed E-state index contributed by atoms with van der Waals surface area (Å²) in [6.07, 6.45) is 0. The van der Waals surface area contributed by atoms with Gasteiger partial charge in [0.15, 0.2) is 0 Å². The predicted molar refractivity (Wildman–Crippen MR) is 60.9 cm³/mol. The summed E-state index contributed by atoms with van der Waals surface area (Å²) in [7, 11) is 0. The third kappa shape index (κ3) is 2.62. The van der Waals surface area contributed by atoms with Gasteiger partial charge in [-0.2, -0.15) is 0 Å². The number of rotatable bonds is 4. The zero-order valence-electron chi connectivity index (χ0n) is 9.34. The lowest BCUT2D eigenvalue weighted by atomic mass is 10.1. The van der Waals surface area contributed by atoms with Gasteiger partial charge in [-0.15, -0.1) is 0 Å². The van der Waals surface area contributed by atoms with Crippen LogP contribution in [-0.4, -0.2) is 19.1 Å². The number of benzene rings is 1. The minimum absolute atomic E-state index is 0.0811. The first-order valence-electron chi connectivity index (χ1n) is 5.10. The van der Waals surface area contributed by atoms with Gasteiger partial charge < -0.3 is 15.8 Å². The van der Waals surface area contributed by atoms with Crippen molar-refractivity contribution in [3.63, 3.8) is 0 Å². The molecular weight excluding hydrogens is 211 g/mol. The van der Waals surface area contributed by atoms with Crippen LogP contribution >= 0.6 is 0 Å². The molecule has 0 heterocycles. The fourth-order valence-electron chi connectivity index (χ4n) is 1.30. The van der Waals surface area contributed by atoms with Gasteiger partial charge in [-0.05, 0) is 26.0 Å². The summed E-state index contributed by atoms with van der Waals surface area (Å²) in [6.45, 7) is 4.35. The zero-order chi connectivity index (χ0) is 12.1. The van der Waals surface area contributed by atoms with E-state index < -0.39 is 11.8 Å². The van der Waals surface area contributed by atoms with Crippen LogP contribution in [0.2, 0.25) is 0 Å². The van der Waals surface area contributed by atoms with Crippen molar-refractivity contribution in [2.75, 3.05) is 24.2 Å². The second-order valence-electron chi connectivity index (χ2n) is 3.17. The van der Waals surface area contributed by atoms with Crippen LogP contribution < -0.4 is 11.1 Å². The van der Waals surface area contributed by atoms with Crippen LogP contribution in [0.3, 0.4) is 0 Å². The van der Waals surface area contributed by atoms with E-state index in [-0.39, 0.29) is 23.5 Å². The number of nitrogens with one attached hydrogen (secondary N) is 1. The molecule has 0 spiro atoms. The third-order valence-electron chi connectivity index (χ3n) is 2.00. The Hall–Kier alpha value is -1.78. The summed E-state index contributed by atoms with van der Waals surface area (Å²) in [5, 5.41) is 2.80. The fourth-order valence-corrected chi connectivity index (χ4v) is 1.30. The molecule has 0 aliphatic heterocycles. The Morgan fingerprint density at radius 2 is 2.19 bits per heavy atom. The molecule has 0 saturated heterocycles. The highest BCUT2D eigenvalue weighted by Gasteiger charge is 2.14. The predicted octanol–water partition coefficient (Wildman–Crippen LogP) is 2.02. The molecule has 16 heavy (non-hydrogen) atoms. The summed E-state index contributed by atoms with van der Waals surface area (Å²) >= 11 is 0. The van der Waals surface area contributed by atoms with E-state index in [2.05, 4.69) is 5.32 Å². The average Bonchev–Trinajstić information content (AvgIpc) is 2.22.